The summed E-state index contributed by atoms with van der Waals surface area (Å²) >= 11 is 0. The van der Waals surface area contributed by atoms with Crippen LogP contribution in [0.4, 0.5) is 0 Å². The van der Waals surface area contributed by atoms with E-state index in [2.05, 4.69) is 69.0 Å². The van der Waals surface area contributed by atoms with Crippen LogP contribution in [0.1, 0.15) is 58.8 Å². The summed E-state index contributed by atoms with van der Waals surface area (Å²) in [5.74, 6) is 3.36. The van der Waals surface area contributed by atoms with Gasteiger partial charge in [0.1, 0.15) is 14.2 Å². The summed E-state index contributed by atoms with van der Waals surface area (Å²) in [4.78, 5) is 4.70. The van der Waals surface area contributed by atoms with Crippen molar-refractivity contribution in [1.29, 1.82) is 0 Å². The maximum atomic E-state index is 4.70. The van der Waals surface area contributed by atoms with Crippen molar-refractivity contribution in [3.05, 3.63) is 48.3 Å². The quantitative estimate of drug-likeness (QED) is 0.444. The molecule has 4 aliphatic rings. The Kier molecular flexibility index (Phi) is 3.81. The number of fused-ring (bicyclic) bond motifs is 6. The van der Waals surface area contributed by atoms with Crippen molar-refractivity contribution in [1.82, 2.24) is 9.55 Å². The van der Waals surface area contributed by atoms with E-state index in [1.807, 2.05) is 5.57 Å². The van der Waals surface area contributed by atoms with Gasteiger partial charge in [-0.05, 0) is 73.8 Å². The predicted octanol–water partition coefficient (Wildman–Crippen LogP) is 5.87. The molecule has 0 amide bonds. The van der Waals surface area contributed by atoms with Crippen LogP contribution in [-0.2, 0) is 0 Å². The summed E-state index contributed by atoms with van der Waals surface area (Å²) in [6.07, 6.45) is 16.8. The van der Waals surface area contributed by atoms with Gasteiger partial charge in [-0.2, -0.15) is 0 Å². The first-order valence-electron chi connectivity index (χ1n) is 11.8. The minimum atomic E-state index is 0.296. The molecular weight excluding hydrogens is 351 g/mol. The first kappa shape index (κ1) is 18.0. The molecule has 2 aromatic rings. The third-order valence-corrected chi connectivity index (χ3v) is 9.59. The highest BCUT2D eigenvalue weighted by Crippen LogP contribution is 2.66. The van der Waals surface area contributed by atoms with Crippen LogP contribution in [0.5, 0.6) is 0 Å². The molecule has 6 rings (SSSR count). The lowest BCUT2D eigenvalue weighted by molar-refractivity contribution is -0.0231. The van der Waals surface area contributed by atoms with Gasteiger partial charge in [-0.3, -0.25) is 0 Å². The molecule has 29 heavy (non-hydrogen) atoms. The lowest BCUT2D eigenvalue weighted by Gasteiger charge is -2.58. The second-order valence-corrected chi connectivity index (χ2v) is 10.9. The van der Waals surface area contributed by atoms with E-state index in [0.717, 1.165) is 29.1 Å². The minimum absolute atomic E-state index is 0.296. The number of benzene rings is 1. The van der Waals surface area contributed by atoms with E-state index in [4.69, 9.17) is 4.98 Å². The number of imidazole rings is 1. The van der Waals surface area contributed by atoms with Gasteiger partial charge in [0.25, 0.3) is 0 Å². The lowest BCUT2D eigenvalue weighted by atomic mass is 9.46. The first-order valence-corrected chi connectivity index (χ1v) is 11.8. The Bertz CT molecular complexity index is 1030. The Morgan fingerprint density at radius 2 is 1.86 bits per heavy atom. The van der Waals surface area contributed by atoms with Gasteiger partial charge in [-0.15, -0.1) is 0 Å². The standard InChI is InChI=1S/C26H33BN2/c1-25-13-11-18(27)15-17(25)7-8-19-20-9-10-24(26(20,2)14-12-21(19)25)29-16-28-22-5-3-4-6-23(22)29/h3-6,10,15-16,18-21H,7-9,11-14,27H2,1-2H3/t18?,19?,20?,21?,25-,26-/m0/s1. The summed E-state index contributed by atoms with van der Waals surface area (Å²) in [7, 11) is 2.42. The van der Waals surface area contributed by atoms with E-state index in [1.165, 1.54) is 56.2 Å². The fourth-order valence-electron chi connectivity index (χ4n) is 7.97. The fraction of sp³-hybridized carbons (Fsp3) is 0.577. The molecule has 0 saturated heterocycles. The molecule has 1 heterocycles. The maximum Gasteiger partial charge on any atom is 0.110 e. The normalized spacial score (nSPS) is 41.3. The van der Waals surface area contributed by atoms with Crippen molar-refractivity contribution in [2.24, 2.45) is 28.6 Å². The average molecular weight is 384 g/mol. The molecule has 0 radical (unpaired) electrons. The molecule has 2 saturated carbocycles. The molecule has 4 aliphatic carbocycles. The van der Waals surface area contributed by atoms with Crippen molar-refractivity contribution in [2.75, 3.05) is 0 Å². The van der Waals surface area contributed by atoms with Crippen LogP contribution in [0.15, 0.2) is 48.3 Å². The van der Waals surface area contributed by atoms with E-state index in [-0.39, 0.29) is 0 Å². The molecule has 3 heteroatoms. The van der Waals surface area contributed by atoms with Gasteiger partial charge in [0, 0.05) is 11.1 Å². The molecule has 0 bridgehead atoms. The monoisotopic (exact) mass is 384 g/mol. The summed E-state index contributed by atoms with van der Waals surface area (Å²) in [5.41, 5.74) is 6.49. The van der Waals surface area contributed by atoms with Crippen molar-refractivity contribution >= 4 is 24.6 Å². The molecule has 0 spiro atoms. The second kappa shape index (κ2) is 6.12. The third-order valence-electron chi connectivity index (χ3n) is 9.59. The van der Waals surface area contributed by atoms with E-state index >= 15 is 0 Å². The minimum Gasteiger partial charge on any atom is -0.302 e. The smallest absolute Gasteiger partial charge is 0.110 e. The fourth-order valence-corrected chi connectivity index (χ4v) is 7.97. The number of hydrogen-bond donors (Lipinski definition) is 0. The molecule has 2 nitrogen and oxygen atoms in total. The van der Waals surface area contributed by atoms with Crippen molar-refractivity contribution in [3.63, 3.8) is 0 Å². The molecule has 4 unspecified atom stereocenters. The Morgan fingerprint density at radius 1 is 1.03 bits per heavy atom. The van der Waals surface area contributed by atoms with E-state index < -0.39 is 0 Å². The Morgan fingerprint density at radius 3 is 2.76 bits per heavy atom. The van der Waals surface area contributed by atoms with E-state index in [0.29, 0.717) is 10.8 Å². The number of nitrogens with zero attached hydrogens (tertiary/aromatic N) is 2. The van der Waals surface area contributed by atoms with Crippen LogP contribution in [0, 0.1) is 28.6 Å². The first-order chi connectivity index (χ1) is 14.0. The van der Waals surface area contributed by atoms with Gasteiger partial charge < -0.3 is 4.57 Å². The van der Waals surface area contributed by atoms with Crippen LogP contribution >= 0.6 is 0 Å². The zero-order valence-electron chi connectivity index (χ0n) is 18.2. The van der Waals surface area contributed by atoms with E-state index in [9.17, 15) is 0 Å². The van der Waals surface area contributed by atoms with Gasteiger partial charge in [-0.25, -0.2) is 4.98 Å². The van der Waals surface area contributed by atoms with Crippen molar-refractivity contribution < 1.29 is 0 Å². The molecule has 2 fully saturated rings. The highest BCUT2D eigenvalue weighted by Gasteiger charge is 2.57. The zero-order chi connectivity index (χ0) is 19.8. The van der Waals surface area contributed by atoms with Crippen LogP contribution < -0.4 is 0 Å². The van der Waals surface area contributed by atoms with Gasteiger partial charge in [-0.1, -0.05) is 55.9 Å². The highest BCUT2D eigenvalue weighted by atomic mass is 15.1. The predicted molar refractivity (Wildman–Crippen MR) is 123 cm³/mol. The molecule has 1 aromatic carbocycles. The summed E-state index contributed by atoms with van der Waals surface area (Å²) in [6, 6.07) is 8.61. The zero-order valence-corrected chi connectivity index (χ0v) is 18.2. The molecule has 0 aliphatic heterocycles. The highest BCUT2D eigenvalue weighted by molar-refractivity contribution is 6.13. The number of para-hydroxylation sites is 2. The van der Waals surface area contributed by atoms with Crippen LogP contribution in [0.2, 0.25) is 5.82 Å². The summed E-state index contributed by atoms with van der Waals surface area (Å²) in [5, 5.41) is 0. The van der Waals surface area contributed by atoms with Gasteiger partial charge >= 0.3 is 0 Å². The third kappa shape index (κ3) is 2.39. The topological polar surface area (TPSA) is 17.8 Å². The average Bonchev–Trinajstić information content (AvgIpc) is 3.29. The van der Waals surface area contributed by atoms with Crippen LogP contribution in [0.25, 0.3) is 16.7 Å². The lowest BCUT2D eigenvalue weighted by Crippen LogP contribution is -2.49. The Labute approximate surface area is 175 Å². The van der Waals surface area contributed by atoms with Gasteiger partial charge in [0.05, 0.1) is 11.0 Å². The van der Waals surface area contributed by atoms with Gasteiger partial charge in [0.2, 0.25) is 0 Å². The number of hydrogen-bond acceptors (Lipinski definition) is 1. The molecule has 150 valence electrons. The molecular formula is C26H33BN2. The SMILES string of the molecule is BC1C=C2CCC3C(CC[C@]4(C)C(n5cnc6ccccc65)=CCC34)[C@@]2(C)CC1. The summed E-state index contributed by atoms with van der Waals surface area (Å²) < 4.78 is 2.41. The second-order valence-electron chi connectivity index (χ2n) is 10.9. The van der Waals surface area contributed by atoms with Crippen molar-refractivity contribution in [3.8, 4) is 0 Å². The van der Waals surface area contributed by atoms with Crippen LogP contribution in [0.3, 0.4) is 0 Å². The largest absolute Gasteiger partial charge is 0.302 e. The molecule has 6 atom stereocenters. The maximum absolute atomic E-state index is 4.70. The Hall–Kier alpha value is -1.77. The van der Waals surface area contributed by atoms with Crippen molar-refractivity contribution in [2.45, 2.75) is 64.6 Å². The molecule has 0 N–H and O–H groups in total. The number of aromatic nitrogens is 2. The van der Waals surface area contributed by atoms with Gasteiger partial charge in [0.15, 0.2) is 0 Å². The van der Waals surface area contributed by atoms with Crippen LogP contribution in [-0.4, -0.2) is 17.4 Å². The summed E-state index contributed by atoms with van der Waals surface area (Å²) in [6.45, 7) is 5.19. The number of allylic oxidation sites excluding steroid dienone is 4. The Balaban J connectivity index is 1.36. The number of rotatable bonds is 1. The molecule has 1 aromatic heterocycles. The van der Waals surface area contributed by atoms with E-state index in [1.54, 1.807) is 0 Å².